The molecule has 1 aliphatic carbocycles. The van der Waals surface area contributed by atoms with Crippen LogP contribution in [0.3, 0.4) is 0 Å². The minimum Gasteiger partial charge on any atom is -0.377 e. The van der Waals surface area contributed by atoms with Gasteiger partial charge in [-0.05, 0) is 67.0 Å². The van der Waals surface area contributed by atoms with Crippen molar-refractivity contribution in [3.8, 4) is 0 Å². The first kappa shape index (κ1) is 28.2. The maximum atomic E-state index is 13.8. The molecule has 1 saturated carbocycles. The van der Waals surface area contributed by atoms with Gasteiger partial charge in [-0.3, -0.25) is 0 Å². The Balaban J connectivity index is 1.56. The van der Waals surface area contributed by atoms with Crippen molar-refractivity contribution in [2.24, 2.45) is 0 Å². The molecule has 1 heterocycles. The number of hydrogen-bond donors (Lipinski definition) is 0. The Morgan fingerprint density at radius 3 is 1.95 bits per heavy atom. The number of sulfonamides is 2. The molecule has 1 atom stereocenters. The van der Waals surface area contributed by atoms with Gasteiger partial charge >= 0.3 is 0 Å². The molecular formula is C28H40N2O5S2. The second-order valence-corrected chi connectivity index (χ2v) is 14.5. The standard InChI is InChI=1S/C28H40N2O5S2/c1-22(2)24-13-11-23(12-14-24)20-30(21-26-10-7-19-35-26)37(33,34)28-17-15-27(16-18-28)36(31,32)29(3)25-8-5-4-6-9-25/h11-18,22,25-26H,4-10,19-21H2,1-3H3. The maximum absolute atomic E-state index is 13.8. The van der Waals surface area contributed by atoms with Crippen LogP contribution in [0.25, 0.3) is 0 Å². The summed E-state index contributed by atoms with van der Waals surface area (Å²) >= 11 is 0. The van der Waals surface area contributed by atoms with Gasteiger partial charge < -0.3 is 4.74 Å². The van der Waals surface area contributed by atoms with Gasteiger partial charge in [-0.2, -0.15) is 8.61 Å². The van der Waals surface area contributed by atoms with Crippen LogP contribution in [0.2, 0.25) is 0 Å². The molecule has 2 aromatic rings. The van der Waals surface area contributed by atoms with Crippen molar-refractivity contribution in [3.05, 3.63) is 59.7 Å². The molecule has 1 unspecified atom stereocenters. The summed E-state index contributed by atoms with van der Waals surface area (Å²) in [7, 11) is -5.94. The first-order valence-corrected chi connectivity index (χ1v) is 16.3. The van der Waals surface area contributed by atoms with Crippen LogP contribution in [0, 0.1) is 0 Å². The zero-order chi connectivity index (χ0) is 26.6. The van der Waals surface area contributed by atoms with Gasteiger partial charge in [0.05, 0.1) is 15.9 Å². The maximum Gasteiger partial charge on any atom is 0.243 e. The molecule has 0 bridgehead atoms. The summed E-state index contributed by atoms with van der Waals surface area (Å²) < 4.78 is 62.6. The Bertz CT molecular complexity index is 1230. The minimum atomic E-state index is -3.87. The second kappa shape index (κ2) is 11.9. The van der Waals surface area contributed by atoms with E-state index >= 15 is 0 Å². The van der Waals surface area contributed by atoms with Gasteiger partial charge in [0.15, 0.2) is 0 Å². The van der Waals surface area contributed by atoms with Gasteiger partial charge in [0, 0.05) is 32.8 Å². The van der Waals surface area contributed by atoms with Crippen LogP contribution < -0.4 is 0 Å². The summed E-state index contributed by atoms with van der Waals surface area (Å²) in [5, 5.41) is 0. The Morgan fingerprint density at radius 1 is 0.811 bits per heavy atom. The van der Waals surface area contributed by atoms with Crippen molar-refractivity contribution in [1.29, 1.82) is 0 Å². The Kier molecular flexibility index (Phi) is 9.12. The molecule has 0 N–H and O–H groups in total. The fraction of sp³-hybridized carbons (Fsp3) is 0.571. The minimum absolute atomic E-state index is 0.00820. The van der Waals surface area contributed by atoms with E-state index in [-0.39, 0.29) is 35.0 Å². The molecule has 0 radical (unpaired) electrons. The third-order valence-corrected chi connectivity index (χ3v) is 11.4. The zero-order valence-corrected chi connectivity index (χ0v) is 23.8. The normalized spacial score (nSPS) is 19.8. The van der Waals surface area contributed by atoms with Crippen molar-refractivity contribution in [1.82, 2.24) is 8.61 Å². The molecular weight excluding hydrogens is 508 g/mol. The highest BCUT2D eigenvalue weighted by atomic mass is 32.2. The molecule has 4 rings (SSSR count). The highest BCUT2D eigenvalue weighted by molar-refractivity contribution is 7.89. The quantitative estimate of drug-likeness (QED) is 0.411. The number of nitrogens with zero attached hydrogens (tertiary/aromatic N) is 2. The lowest BCUT2D eigenvalue weighted by Crippen LogP contribution is -2.38. The molecule has 37 heavy (non-hydrogen) atoms. The van der Waals surface area contributed by atoms with Crippen molar-refractivity contribution in [2.75, 3.05) is 20.2 Å². The fourth-order valence-corrected chi connectivity index (χ4v) is 8.09. The van der Waals surface area contributed by atoms with E-state index in [1.807, 2.05) is 24.3 Å². The third kappa shape index (κ3) is 6.63. The molecule has 0 aromatic heterocycles. The van der Waals surface area contributed by atoms with Gasteiger partial charge in [0.25, 0.3) is 0 Å². The third-order valence-electron chi connectivity index (χ3n) is 7.66. The van der Waals surface area contributed by atoms with E-state index in [0.717, 1.165) is 50.5 Å². The predicted molar refractivity (Wildman–Crippen MR) is 145 cm³/mol. The summed E-state index contributed by atoms with van der Waals surface area (Å²) in [6, 6.07) is 13.7. The molecule has 0 amide bonds. The summed E-state index contributed by atoms with van der Waals surface area (Å²) in [6.07, 6.45) is 6.52. The SMILES string of the molecule is CC(C)c1ccc(CN(CC2CCCO2)S(=O)(=O)c2ccc(S(=O)(=O)N(C)C3CCCCC3)cc2)cc1. The molecule has 1 saturated heterocycles. The Morgan fingerprint density at radius 2 is 1.41 bits per heavy atom. The number of benzene rings is 2. The van der Waals surface area contributed by atoms with Crippen LogP contribution >= 0.6 is 0 Å². The summed E-state index contributed by atoms with van der Waals surface area (Å²) in [5.41, 5.74) is 2.10. The van der Waals surface area contributed by atoms with Crippen molar-refractivity contribution >= 4 is 20.0 Å². The molecule has 9 heteroatoms. The van der Waals surface area contributed by atoms with Crippen LogP contribution in [0.15, 0.2) is 58.3 Å². The smallest absolute Gasteiger partial charge is 0.243 e. The molecule has 204 valence electrons. The van der Waals surface area contributed by atoms with Crippen LogP contribution in [0.4, 0.5) is 0 Å². The second-order valence-electron chi connectivity index (χ2n) is 10.6. The van der Waals surface area contributed by atoms with Crippen LogP contribution in [0.1, 0.15) is 75.8 Å². The highest BCUT2D eigenvalue weighted by Gasteiger charge is 2.32. The van der Waals surface area contributed by atoms with Gasteiger partial charge in [-0.15, -0.1) is 0 Å². The van der Waals surface area contributed by atoms with Crippen molar-refractivity contribution < 1.29 is 21.6 Å². The van der Waals surface area contributed by atoms with Crippen LogP contribution in [-0.4, -0.2) is 57.8 Å². The number of rotatable bonds is 10. The van der Waals surface area contributed by atoms with E-state index in [1.165, 1.54) is 38.4 Å². The first-order valence-electron chi connectivity index (χ1n) is 13.4. The van der Waals surface area contributed by atoms with Gasteiger partial charge in [-0.25, -0.2) is 16.8 Å². The highest BCUT2D eigenvalue weighted by Crippen LogP contribution is 2.28. The Hall–Kier alpha value is -1.78. The topological polar surface area (TPSA) is 84.0 Å². The van der Waals surface area contributed by atoms with E-state index in [0.29, 0.717) is 12.5 Å². The first-order chi connectivity index (χ1) is 17.6. The summed E-state index contributed by atoms with van der Waals surface area (Å²) in [5.74, 6) is 0.396. The fourth-order valence-electron chi connectivity index (χ4n) is 5.21. The number of ether oxygens (including phenoxy) is 1. The van der Waals surface area contributed by atoms with Crippen LogP contribution in [-0.2, 0) is 31.3 Å². The lowest BCUT2D eigenvalue weighted by molar-refractivity contribution is 0.0926. The lowest BCUT2D eigenvalue weighted by atomic mass is 9.96. The van der Waals surface area contributed by atoms with E-state index in [1.54, 1.807) is 7.05 Å². The van der Waals surface area contributed by atoms with E-state index in [2.05, 4.69) is 13.8 Å². The van der Waals surface area contributed by atoms with Crippen LogP contribution in [0.5, 0.6) is 0 Å². The Labute approximate surface area is 222 Å². The van der Waals surface area contributed by atoms with Gasteiger partial charge in [0.1, 0.15) is 0 Å². The monoisotopic (exact) mass is 548 g/mol. The van der Waals surface area contributed by atoms with Gasteiger partial charge in [-0.1, -0.05) is 57.4 Å². The van der Waals surface area contributed by atoms with E-state index in [4.69, 9.17) is 4.74 Å². The van der Waals surface area contributed by atoms with Crippen molar-refractivity contribution in [2.45, 2.75) is 93.2 Å². The molecule has 0 spiro atoms. The summed E-state index contributed by atoms with van der Waals surface area (Å²) in [4.78, 5) is 0.207. The molecule has 7 nitrogen and oxygen atoms in total. The van der Waals surface area contributed by atoms with E-state index < -0.39 is 20.0 Å². The number of hydrogen-bond acceptors (Lipinski definition) is 5. The predicted octanol–water partition coefficient (Wildman–Crippen LogP) is 5.13. The van der Waals surface area contributed by atoms with Crippen molar-refractivity contribution in [3.63, 3.8) is 0 Å². The average Bonchev–Trinajstić information content (AvgIpc) is 3.42. The summed E-state index contributed by atoms with van der Waals surface area (Å²) in [6.45, 7) is 5.38. The average molecular weight is 549 g/mol. The molecule has 2 aliphatic rings. The lowest BCUT2D eigenvalue weighted by Gasteiger charge is -2.30. The molecule has 2 aromatic carbocycles. The zero-order valence-electron chi connectivity index (χ0n) is 22.2. The largest absolute Gasteiger partial charge is 0.377 e. The van der Waals surface area contributed by atoms with Gasteiger partial charge in [0.2, 0.25) is 20.0 Å². The molecule has 1 aliphatic heterocycles. The van der Waals surface area contributed by atoms with E-state index in [9.17, 15) is 16.8 Å². The molecule has 2 fully saturated rings.